The van der Waals surface area contributed by atoms with Crippen molar-refractivity contribution in [3.05, 3.63) is 71.8 Å². The van der Waals surface area contributed by atoms with Crippen LogP contribution in [-0.4, -0.2) is 28.3 Å². The number of rotatable bonds is 7. The summed E-state index contributed by atoms with van der Waals surface area (Å²) in [6, 6.07) is 17.9. The molecule has 0 saturated carbocycles. The smallest absolute Gasteiger partial charge is 0.323 e. The van der Waals surface area contributed by atoms with E-state index in [-0.39, 0.29) is 0 Å². The number of carboxylic acids is 1. The van der Waals surface area contributed by atoms with Crippen LogP contribution in [0.3, 0.4) is 0 Å². The van der Waals surface area contributed by atoms with Crippen molar-refractivity contribution in [1.29, 1.82) is 0 Å². The number of carboxylic acid groups (broad SMARTS) is 1. The van der Waals surface area contributed by atoms with Crippen LogP contribution in [0, 0.1) is 0 Å². The van der Waals surface area contributed by atoms with E-state index in [0.717, 1.165) is 11.1 Å². The summed E-state index contributed by atoms with van der Waals surface area (Å²) in [5, 5.41) is 22.4. The predicted molar refractivity (Wildman–Crippen MR) is 80.9 cm³/mol. The zero-order valence-electron chi connectivity index (χ0n) is 11.6. The Morgan fingerprint density at radius 2 is 1.48 bits per heavy atom. The second kappa shape index (κ2) is 7.57. The Kier molecular flexibility index (Phi) is 5.49. The predicted octanol–water partition coefficient (Wildman–Crippen LogP) is 1.83. The molecule has 0 fully saturated rings. The van der Waals surface area contributed by atoms with Gasteiger partial charge in [0, 0.05) is 13.0 Å². The molecule has 2 aromatic rings. The van der Waals surface area contributed by atoms with Gasteiger partial charge in [0.1, 0.15) is 6.04 Å². The van der Waals surface area contributed by atoms with Crippen LogP contribution in [0.15, 0.2) is 60.7 Å². The molecule has 0 saturated heterocycles. The molecule has 2 rings (SSSR count). The summed E-state index contributed by atoms with van der Waals surface area (Å²) in [7, 11) is 0. The maximum absolute atomic E-state index is 11.3. The molecule has 0 aliphatic rings. The van der Waals surface area contributed by atoms with Crippen molar-refractivity contribution >= 4 is 5.97 Å². The monoisotopic (exact) mass is 285 g/mol. The first-order chi connectivity index (χ1) is 10.2. The van der Waals surface area contributed by atoms with Gasteiger partial charge in [-0.25, -0.2) is 0 Å². The number of aliphatic carboxylic acids is 1. The van der Waals surface area contributed by atoms with Crippen LogP contribution in [0.25, 0.3) is 0 Å². The molecule has 0 unspecified atom stereocenters. The number of hydrogen-bond donors (Lipinski definition) is 3. The van der Waals surface area contributed by atoms with E-state index in [0.29, 0.717) is 13.0 Å². The van der Waals surface area contributed by atoms with Gasteiger partial charge < -0.3 is 10.2 Å². The Hall–Kier alpha value is -2.17. The summed E-state index contributed by atoms with van der Waals surface area (Å²) in [5.74, 6) is -1.05. The molecular formula is C17H19NO3. The highest BCUT2D eigenvalue weighted by Gasteiger charge is 2.25. The molecule has 21 heavy (non-hydrogen) atoms. The first kappa shape index (κ1) is 15.2. The molecule has 0 heterocycles. The molecule has 0 aliphatic carbocycles. The second-order valence-electron chi connectivity index (χ2n) is 4.94. The van der Waals surface area contributed by atoms with Crippen molar-refractivity contribution in [2.45, 2.75) is 25.1 Å². The van der Waals surface area contributed by atoms with E-state index in [9.17, 15) is 15.0 Å². The van der Waals surface area contributed by atoms with Crippen LogP contribution in [0.4, 0.5) is 0 Å². The minimum atomic E-state index is -1.05. The molecule has 2 aromatic carbocycles. The maximum Gasteiger partial charge on any atom is 0.323 e. The molecule has 0 aromatic heterocycles. The van der Waals surface area contributed by atoms with Crippen molar-refractivity contribution in [3.8, 4) is 0 Å². The fourth-order valence-electron chi connectivity index (χ4n) is 2.19. The minimum absolute atomic E-state index is 0.305. The van der Waals surface area contributed by atoms with E-state index in [4.69, 9.17) is 0 Å². The number of aliphatic hydroxyl groups excluding tert-OH is 1. The van der Waals surface area contributed by atoms with E-state index in [1.165, 1.54) is 0 Å². The lowest BCUT2D eigenvalue weighted by molar-refractivity contribution is -0.142. The highest BCUT2D eigenvalue weighted by molar-refractivity contribution is 5.74. The van der Waals surface area contributed by atoms with Gasteiger partial charge in [-0.3, -0.25) is 10.1 Å². The van der Waals surface area contributed by atoms with E-state index in [1.54, 1.807) is 0 Å². The highest BCUT2D eigenvalue weighted by atomic mass is 16.4. The molecule has 0 bridgehead atoms. The molecule has 0 spiro atoms. The number of benzene rings is 2. The van der Waals surface area contributed by atoms with Gasteiger partial charge in [-0.05, 0) is 11.1 Å². The third-order valence-electron chi connectivity index (χ3n) is 3.31. The van der Waals surface area contributed by atoms with Crippen molar-refractivity contribution < 1.29 is 15.0 Å². The number of carbonyl (C=O) groups is 1. The first-order valence-corrected chi connectivity index (χ1v) is 6.89. The van der Waals surface area contributed by atoms with Gasteiger partial charge in [0.15, 0.2) is 0 Å². The zero-order valence-corrected chi connectivity index (χ0v) is 11.6. The summed E-state index contributed by atoms with van der Waals surface area (Å²) in [6.07, 6.45) is -0.673. The largest absolute Gasteiger partial charge is 0.480 e. The molecule has 2 atom stereocenters. The highest BCUT2D eigenvalue weighted by Crippen LogP contribution is 2.08. The normalized spacial score (nSPS) is 13.6. The summed E-state index contributed by atoms with van der Waals surface area (Å²) in [6.45, 7) is 0.406. The van der Waals surface area contributed by atoms with Crippen molar-refractivity contribution in [3.63, 3.8) is 0 Å². The lowest BCUT2D eigenvalue weighted by Gasteiger charge is -2.20. The fraction of sp³-hybridized carbons (Fsp3) is 0.235. The van der Waals surface area contributed by atoms with Gasteiger partial charge in [-0.2, -0.15) is 0 Å². The van der Waals surface area contributed by atoms with Crippen LogP contribution in [0.2, 0.25) is 0 Å². The Morgan fingerprint density at radius 3 is 2.00 bits per heavy atom. The molecule has 4 heteroatoms. The first-order valence-electron chi connectivity index (χ1n) is 6.89. The third-order valence-corrected chi connectivity index (χ3v) is 3.31. The number of aliphatic hydroxyl groups is 1. The minimum Gasteiger partial charge on any atom is -0.480 e. The third kappa shape index (κ3) is 4.70. The van der Waals surface area contributed by atoms with Crippen LogP contribution < -0.4 is 5.32 Å². The van der Waals surface area contributed by atoms with Crippen LogP contribution in [0.1, 0.15) is 11.1 Å². The summed E-state index contributed by atoms with van der Waals surface area (Å²) in [5.41, 5.74) is 1.90. The van der Waals surface area contributed by atoms with E-state index in [2.05, 4.69) is 5.32 Å². The van der Waals surface area contributed by atoms with Gasteiger partial charge >= 0.3 is 5.97 Å². The molecule has 0 radical (unpaired) electrons. The van der Waals surface area contributed by atoms with Gasteiger partial charge in [0.2, 0.25) is 0 Å². The molecule has 4 nitrogen and oxygen atoms in total. The summed E-state index contributed by atoms with van der Waals surface area (Å²) < 4.78 is 0. The Balaban J connectivity index is 1.96. The van der Waals surface area contributed by atoms with Crippen LogP contribution in [-0.2, 0) is 17.8 Å². The Labute approximate surface area is 124 Å². The summed E-state index contributed by atoms with van der Waals surface area (Å²) in [4.78, 5) is 11.3. The van der Waals surface area contributed by atoms with E-state index < -0.39 is 18.1 Å². The van der Waals surface area contributed by atoms with Gasteiger partial charge in [0.05, 0.1) is 6.10 Å². The van der Waals surface area contributed by atoms with Gasteiger partial charge in [0.25, 0.3) is 0 Å². The molecule has 0 amide bonds. The van der Waals surface area contributed by atoms with Crippen molar-refractivity contribution in [2.24, 2.45) is 0 Å². The maximum atomic E-state index is 11.3. The van der Waals surface area contributed by atoms with Crippen molar-refractivity contribution in [2.75, 3.05) is 0 Å². The molecular weight excluding hydrogens is 266 g/mol. The lowest BCUT2D eigenvalue weighted by Crippen LogP contribution is -2.46. The van der Waals surface area contributed by atoms with Crippen molar-refractivity contribution in [1.82, 2.24) is 5.32 Å². The average molecular weight is 285 g/mol. The number of hydrogen-bond acceptors (Lipinski definition) is 3. The van der Waals surface area contributed by atoms with Gasteiger partial charge in [-0.15, -0.1) is 0 Å². The molecule has 110 valence electrons. The van der Waals surface area contributed by atoms with Gasteiger partial charge in [-0.1, -0.05) is 60.7 Å². The SMILES string of the molecule is O=C(O)[C@@H](NCc1ccccc1)[C@H](O)Cc1ccccc1. The van der Waals surface area contributed by atoms with Crippen LogP contribution >= 0.6 is 0 Å². The fourth-order valence-corrected chi connectivity index (χ4v) is 2.19. The molecule has 3 N–H and O–H groups in total. The zero-order chi connectivity index (χ0) is 15.1. The summed E-state index contributed by atoms with van der Waals surface area (Å²) >= 11 is 0. The lowest BCUT2D eigenvalue weighted by atomic mass is 10.0. The van der Waals surface area contributed by atoms with E-state index >= 15 is 0 Å². The quantitative estimate of drug-likeness (QED) is 0.726. The topological polar surface area (TPSA) is 69.6 Å². The standard InChI is InChI=1S/C17H19NO3/c19-15(11-13-7-3-1-4-8-13)16(17(20)21)18-12-14-9-5-2-6-10-14/h1-10,15-16,18-19H,11-12H2,(H,20,21)/t15-,16+/m1/s1. The second-order valence-corrected chi connectivity index (χ2v) is 4.94. The Bertz CT molecular complexity index is 557. The Morgan fingerprint density at radius 1 is 0.952 bits per heavy atom. The average Bonchev–Trinajstić information content (AvgIpc) is 2.49. The number of nitrogens with one attached hydrogen (secondary N) is 1. The molecule has 0 aliphatic heterocycles. The van der Waals surface area contributed by atoms with E-state index in [1.807, 2.05) is 60.7 Å². The van der Waals surface area contributed by atoms with Crippen LogP contribution in [0.5, 0.6) is 0 Å².